The van der Waals surface area contributed by atoms with Gasteiger partial charge in [-0.2, -0.15) is 27.0 Å². The normalized spacial score (nSPS) is 4.80. The summed E-state index contributed by atoms with van der Waals surface area (Å²) >= 11 is 0. The van der Waals surface area contributed by atoms with E-state index in [4.69, 9.17) is 0 Å². The second-order valence-electron chi connectivity index (χ2n) is 1.15. The van der Waals surface area contributed by atoms with Crippen LogP contribution in [0, 0.1) is 0 Å². The summed E-state index contributed by atoms with van der Waals surface area (Å²) in [5.74, 6) is 0. The summed E-state index contributed by atoms with van der Waals surface area (Å²) in [6, 6.07) is 12.0. The maximum Gasteiger partial charge on any atom is 0 e. The van der Waals surface area contributed by atoms with Crippen molar-refractivity contribution in [2.75, 3.05) is 0 Å². The topological polar surface area (TPSA) is 0 Å². The van der Waals surface area contributed by atoms with Crippen molar-refractivity contribution in [3.05, 3.63) is 36.4 Å². The Hall–Kier alpha value is 1.86. The van der Waals surface area contributed by atoms with E-state index in [0.717, 1.165) is 0 Å². The zero-order valence-corrected chi connectivity index (χ0v) is 15.7. The van der Waals surface area contributed by atoms with Crippen LogP contribution in [-0.4, -0.2) is 29.6 Å². The summed E-state index contributed by atoms with van der Waals surface area (Å²) in [6.45, 7) is 0. The quantitative estimate of drug-likeness (QED) is 0.608. The van der Waals surface area contributed by atoms with Gasteiger partial charge in [0.15, 0.2) is 0 Å². The number of hydrogen-bond donors (Lipinski definition) is 0. The van der Waals surface area contributed by atoms with Crippen LogP contribution in [0.5, 0.6) is 0 Å². The number of benzene rings is 1. The Morgan fingerprint density at radius 2 is 0.600 bits per heavy atom. The third-order valence-electron chi connectivity index (χ3n) is 0.667. The van der Waals surface area contributed by atoms with E-state index >= 15 is 0 Å². The minimum atomic E-state index is 0. The van der Waals surface area contributed by atoms with E-state index in [-0.39, 0.29) is 84.2 Å². The Morgan fingerprint density at radius 3 is 0.700 bits per heavy atom. The third kappa shape index (κ3) is 12.5. The van der Waals surface area contributed by atoms with Crippen molar-refractivity contribution >= 4 is 56.5 Å². The Labute approximate surface area is 119 Å². The van der Waals surface area contributed by atoms with E-state index in [1.54, 1.807) is 0 Å². The van der Waals surface area contributed by atoms with Crippen molar-refractivity contribution < 1.29 is 27.7 Å². The molecule has 49 valence electrons. The van der Waals surface area contributed by atoms with Gasteiger partial charge in [-0.25, -0.2) is 0 Å². The van der Waals surface area contributed by atoms with Crippen molar-refractivity contribution in [2.45, 2.75) is 0 Å². The molecular weight excluding hydrogens is 360 g/mol. The van der Waals surface area contributed by atoms with Crippen LogP contribution >= 0.6 is 27.0 Å². The molecule has 10 heavy (non-hydrogen) atoms. The molecule has 4 heteroatoms. The molecule has 0 aliphatic heterocycles. The fourth-order valence-corrected chi connectivity index (χ4v) is 0.385. The first-order valence-corrected chi connectivity index (χ1v) is 2.00. The minimum absolute atomic E-state index is 0. The van der Waals surface area contributed by atoms with Crippen LogP contribution < -0.4 is 0 Å². The first-order chi connectivity index (χ1) is 3.00. The van der Waals surface area contributed by atoms with Crippen LogP contribution in [0.1, 0.15) is 0 Å². The van der Waals surface area contributed by atoms with E-state index in [0.29, 0.717) is 0 Å². The minimum Gasteiger partial charge on any atom is -0.197 e. The van der Waals surface area contributed by atoms with Gasteiger partial charge >= 0.3 is 0 Å². The molecule has 0 fully saturated rings. The van der Waals surface area contributed by atoms with Crippen LogP contribution in [0.3, 0.4) is 0 Å². The zero-order chi connectivity index (χ0) is 4.24. The third-order valence-corrected chi connectivity index (χ3v) is 0.667. The van der Waals surface area contributed by atoms with Gasteiger partial charge in [0.2, 0.25) is 0 Å². The molecule has 0 N–H and O–H groups in total. The first-order valence-electron chi connectivity index (χ1n) is 2.00. The van der Waals surface area contributed by atoms with Crippen LogP contribution in [0.15, 0.2) is 36.4 Å². The van der Waals surface area contributed by atoms with Gasteiger partial charge in [0, 0.05) is 57.2 Å². The van der Waals surface area contributed by atoms with Crippen LogP contribution in [0.25, 0.3) is 0 Å². The molecule has 0 bridgehead atoms. The second kappa shape index (κ2) is 17.1. The number of rotatable bonds is 0. The van der Waals surface area contributed by atoms with Crippen molar-refractivity contribution in [3.63, 3.8) is 0 Å². The summed E-state index contributed by atoms with van der Waals surface area (Å²) in [6.07, 6.45) is 0. The standard InChI is InChI=1S/C6H6.Hg.Na.2H2S/c1-2-4-6-5-3-1;;;;/h1-6H;;;2*1H2. The van der Waals surface area contributed by atoms with E-state index in [2.05, 4.69) is 0 Å². The molecule has 1 aromatic rings. The largest absolute Gasteiger partial charge is 0.197 e. The van der Waals surface area contributed by atoms with Gasteiger partial charge in [-0.3, -0.25) is 0 Å². The summed E-state index contributed by atoms with van der Waals surface area (Å²) in [5.41, 5.74) is 0. The molecule has 0 spiro atoms. The molecule has 1 aromatic carbocycles. The van der Waals surface area contributed by atoms with Crippen LogP contribution in [0.4, 0.5) is 0 Å². The molecule has 0 nitrogen and oxygen atoms in total. The van der Waals surface area contributed by atoms with E-state index < -0.39 is 0 Å². The molecule has 1 rings (SSSR count). The van der Waals surface area contributed by atoms with Crippen molar-refractivity contribution in [2.24, 2.45) is 0 Å². The molecule has 0 aromatic heterocycles. The van der Waals surface area contributed by atoms with E-state index in [9.17, 15) is 0 Å². The fourth-order valence-electron chi connectivity index (χ4n) is 0.385. The van der Waals surface area contributed by atoms with Gasteiger partial charge in [-0.15, -0.1) is 0 Å². The summed E-state index contributed by atoms with van der Waals surface area (Å²) in [7, 11) is 0. The first kappa shape index (κ1) is 22.6. The molecule has 0 aliphatic carbocycles. The van der Waals surface area contributed by atoms with Gasteiger partial charge in [-0.1, -0.05) is 36.4 Å². The second-order valence-corrected chi connectivity index (χ2v) is 1.15. The Kier molecular flexibility index (Phi) is 38.7. The van der Waals surface area contributed by atoms with Gasteiger partial charge < -0.3 is 0 Å². The van der Waals surface area contributed by atoms with Gasteiger partial charge in [0.05, 0.1) is 0 Å². The van der Waals surface area contributed by atoms with Crippen molar-refractivity contribution in [1.82, 2.24) is 0 Å². The van der Waals surface area contributed by atoms with Crippen LogP contribution in [-0.2, 0) is 27.7 Å². The molecule has 0 saturated heterocycles. The average molecular weight is 370 g/mol. The molecule has 0 heterocycles. The molecule has 0 aliphatic rings. The molecule has 0 unspecified atom stereocenters. The maximum absolute atomic E-state index is 2.00. The van der Waals surface area contributed by atoms with Crippen molar-refractivity contribution in [1.29, 1.82) is 0 Å². The predicted octanol–water partition coefficient (Wildman–Crippen LogP) is 1.53. The molecule has 0 amide bonds. The summed E-state index contributed by atoms with van der Waals surface area (Å²) in [4.78, 5) is 0. The molecule has 1 radical (unpaired) electrons. The zero-order valence-electron chi connectivity index (χ0n) is 6.17. The van der Waals surface area contributed by atoms with E-state index in [1.165, 1.54) is 0 Å². The van der Waals surface area contributed by atoms with Crippen molar-refractivity contribution in [3.8, 4) is 0 Å². The summed E-state index contributed by atoms with van der Waals surface area (Å²) in [5, 5.41) is 0. The Balaban J connectivity index is -0.0000000450. The van der Waals surface area contributed by atoms with Gasteiger partial charge in [0.25, 0.3) is 0 Å². The smallest absolute Gasteiger partial charge is 0 e. The van der Waals surface area contributed by atoms with Gasteiger partial charge in [0.1, 0.15) is 0 Å². The monoisotopic (exact) mass is 371 g/mol. The number of hydrogen-bond acceptors (Lipinski definition) is 0. The molecule has 0 saturated carbocycles. The molecular formula is C6H10HgNaS2. The summed E-state index contributed by atoms with van der Waals surface area (Å²) < 4.78 is 0. The molecule has 0 atom stereocenters. The van der Waals surface area contributed by atoms with Gasteiger partial charge in [-0.05, 0) is 0 Å². The Morgan fingerprint density at radius 1 is 0.500 bits per heavy atom. The van der Waals surface area contributed by atoms with Crippen LogP contribution in [0.2, 0.25) is 0 Å². The predicted molar refractivity (Wildman–Crippen MR) is 53.0 cm³/mol. The average Bonchev–Trinajstić information content (AvgIpc) is 1.72. The fraction of sp³-hybridized carbons (Fsp3) is 0. The SMILES string of the molecule is S.S.[Hg].[Na].c1ccccc1. The van der Waals surface area contributed by atoms with E-state index in [1.807, 2.05) is 36.4 Å². The Bertz CT molecular complexity index is 87.7. The maximum atomic E-state index is 2.00.